The highest BCUT2D eigenvalue weighted by Gasteiger charge is 1.79. The summed E-state index contributed by atoms with van der Waals surface area (Å²) in [5.41, 5.74) is 0.957. The Hall–Kier alpha value is -1.62. The summed E-state index contributed by atoms with van der Waals surface area (Å²) in [6, 6.07) is 3.73. The Kier molecular flexibility index (Phi) is 2.22. The lowest BCUT2D eigenvalue weighted by atomic mass is 10.3. The third-order valence-corrected chi connectivity index (χ3v) is 1.03. The summed E-state index contributed by atoms with van der Waals surface area (Å²) in [6.45, 7) is 6.47. The van der Waals surface area contributed by atoms with Gasteiger partial charge in [0, 0.05) is 12.4 Å². The molecule has 0 N–H and O–H groups in total. The van der Waals surface area contributed by atoms with Crippen LogP contribution in [0.3, 0.4) is 0 Å². The first kappa shape index (κ1) is 6.50. The van der Waals surface area contributed by atoms with E-state index in [9.17, 15) is 0 Å². The van der Waals surface area contributed by atoms with E-state index >= 15 is 0 Å². The van der Waals surface area contributed by atoms with Crippen LogP contribution >= 0.6 is 0 Å². The lowest BCUT2D eigenvalue weighted by molar-refractivity contribution is 1.32. The third kappa shape index (κ3) is 1.71. The van der Waals surface area contributed by atoms with Crippen LogP contribution in [0.4, 0.5) is 0 Å². The summed E-state index contributed by atoms with van der Waals surface area (Å²) in [7, 11) is 0. The van der Waals surface area contributed by atoms with E-state index in [0.29, 0.717) is 0 Å². The molecule has 0 saturated heterocycles. The fourth-order valence-corrected chi connectivity index (χ4v) is 0.598. The van der Waals surface area contributed by atoms with Crippen molar-refractivity contribution in [3.8, 4) is 0 Å². The Labute approximate surface area is 59.7 Å². The maximum absolute atomic E-state index is 6.47. The number of rotatable bonds is 1. The SMILES string of the molecule is [C-]#[N+]/C=C/c1cccnc1. The number of hydrogen-bond donors (Lipinski definition) is 0. The standard InChI is InChI=1S/C8H6N2/c1-9-6-4-8-3-2-5-10-7-8/h2-7H/b6-4+. The van der Waals surface area contributed by atoms with Crippen molar-refractivity contribution in [2.24, 2.45) is 0 Å². The van der Waals surface area contributed by atoms with Crippen molar-refractivity contribution in [3.05, 3.63) is 47.7 Å². The maximum Gasteiger partial charge on any atom is 0.154 e. The summed E-state index contributed by atoms with van der Waals surface area (Å²) in [5, 5.41) is 0. The Bertz CT molecular complexity index is 256. The largest absolute Gasteiger partial charge is 0.264 e. The fourth-order valence-electron chi connectivity index (χ4n) is 0.598. The maximum atomic E-state index is 6.47. The molecular weight excluding hydrogens is 124 g/mol. The van der Waals surface area contributed by atoms with Crippen LogP contribution < -0.4 is 0 Å². The Morgan fingerprint density at radius 3 is 3.10 bits per heavy atom. The van der Waals surface area contributed by atoms with Gasteiger partial charge in [0.25, 0.3) is 0 Å². The van der Waals surface area contributed by atoms with Crippen molar-refractivity contribution >= 4 is 6.08 Å². The average Bonchev–Trinajstić information content (AvgIpc) is 2.03. The molecule has 0 aliphatic heterocycles. The lowest BCUT2D eigenvalue weighted by Crippen LogP contribution is -1.71. The highest BCUT2D eigenvalue weighted by atomic mass is 14.6. The molecule has 48 valence electrons. The van der Waals surface area contributed by atoms with E-state index in [2.05, 4.69) is 9.83 Å². The first-order chi connectivity index (χ1) is 4.93. The minimum atomic E-state index is 0.957. The van der Waals surface area contributed by atoms with Crippen molar-refractivity contribution in [1.29, 1.82) is 0 Å². The molecule has 0 aromatic carbocycles. The molecule has 10 heavy (non-hydrogen) atoms. The number of pyridine rings is 1. The van der Waals surface area contributed by atoms with E-state index < -0.39 is 0 Å². The van der Waals surface area contributed by atoms with E-state index in [1.165, 1.54) is 6.20 Å². The van der Waals surface area contributed by atoms with Gasteiger partial charge in [-0.1, -0.05) is 12.1 Å². The molecule has 0 amide bonds. The van der Waals surface area contributed by atoms with Gasteiger partial charge in [-0.25, -0.2) is 4.85 Å². The molecule has 0 aliphatic rings. The minimum Gasteiger partial charge on any atom is -0.264 e. The van der Waals surface area contributed by atoms with Gasteiger partial charge in [0.2, 0.25) is 0 Å². The quantitative estimate of drug-likeness (QED) is 0.531. The van der Waals surface area contributed by atoms with Gasteiger partial charge in [0.1, 0.15) is 0 Å². The van der Waals surface area contributed by atoms with Crippen LogP contribution in [0.5, 0.6) is 0 Å². The van der Waals surface area contributed by atoms with Crippen LogP contribution in [-0.2, 0) is 0 Å². The highest BCUT2D eigenvalue weighted by Crippen LogP contribution is 1.97. The third-order valence-electron chi connectivity index (χ3n) is 1.03. The molecule has 0 atom stereocenters. The molecule has 0 saturated carbocycles. The zero-order valence-electron chi connectivity index (χ0n) is 5.36. The zero-order valence-corrected chi connectivity index (χ0v) is 5.36. The van der Waals surface area contributed by atoms with Crippen LogP contribution in [0.2, 0.25) is 0 Å². The second kappa shape index (κ2) is 3.41. The molecule has 0 unspecified atom stereocenters. The van der Waals surface area contributed by atoms with Crippen LogP contribution in [0.1, 0.15) is 5.56 Å². The summed E-state index contributed by atoms with van der Waals surface area (Å²) in [6.07, 6.45) is 6.55. The summed E-state index contributed by atoms with van der Waals surface area (Å²) in [5.74, 6) is 0. The summed E-state index contributed by atoms with van der Waals surface area (Å²) >= 11 is 0. The molecule has 1 heterocycles. The molecule has 1 aromatic rings. The highest BCUT2D eigenvalue weighted by molar-refractivity contribution is 5.48. The Morgan fingerprint density at radius 1 is 1.60 bits per heavy atom. The van der Waals surface area contributed by atoms with Crippen molar-refractivity contribution < 1.29 is 0 Å². The molecule has 0 spiro atoms. The second-order valence-electron chi connectivity index (χ2n) is 1.73. The molecule has 1 rings (SSSR count). The number of hydrogen-bond acceptors (Lipinski definition) is 1. The molecule has 0 bridgehead atoms. The number of nitrogens with zero attached hydrogens (tertiary/aromatic N) is 2. The minimum absolute atomic E-state index is 0.957. The Morgan fingerprint density at radius 2 is 2.50 bits per heavy atom. The molecule has 2 nitrogen and oxygen atoms in total. The van der Waals surface area contributed by atoms with Crippen molar-refractivity contribution in [1.82, 2.24) is 4.98 Å². The molecule has 2 heteroatoms. The average molecular weight is 130 g/mol. The summed E-state index contributed by atoms with van der Waals surface area (Å²) in [4.78, 5) is 6.96. The van der Waals surface area contributed by atoms with Crippen molar-refractivity contribution in [3.63, 3.8) is 0 Å². The molecule has 1 aromatic heterocycles. The topological polar surface area (TPSA) is 17.2 Å². The predicted molar refractivity (Wildman–Crippen MR) is 39.9 cm³/mol. The van der Waals surface area contributed by atoms with Gasteiger partial charge >= 0.3 is 0 Å². The van der Waals surface area contributed by atoms with E-state index in [4.69, 9.17) is 6.57 Å². The van der Waals surface area contributed by atoms with Gasteiger partial charge in [-0.15, -0.1) is 0 Å². The van der Waals surface area contributed by atoms with Gasteiger partial charge < -0.3 is 0 Å². The van der Waals surface area contributed by atoms with Crippen LogP contribution in [0, 0.1) is 6.57 Å². The van der Waals surface area contributed by atoms with Gasteiger partial charge in [-0.2, -0.15) is 0 Å². The molecular formula is C8H6N2. The first-order valence-electron chi connectivity index (χ1n) is 2.86. The van der Waals surface area contributed by atoms with E-state index in [1.807, 2.05) is 12.1 Å². The van der Waals surface area contributed by atoms with Gasteiger partial charge in [0.05, 0.1) is 6.57 Å². The first-order valence-corrected chi connectivity index (χ1v) is 2.86. The van der Waals surface area contributed by atoms with E-state index in [1.54, 1.807) is 18.5 Å². The lowest BCUT2D eigenvalue weighted by Gasteiger charge is -1.86. The van der Waals surface area contributed by atoms with Crippen molar-refractivity contribution in [2.75, 3.05) is 0 Å². The predicted octanol–water partition coefficient (Wildman–Crippen LogP) is 1.97. The molecule has 0 aliphatic carbocycles. The second-order valence-corrected chi connectivity index (χ2v) is 1.73. The van der Waals surface area contributed by atoms with Crippen LogP contribution in [0.25, 0.3) is 10.9 Å². The summed E-state index contributed by atoms with van der Waals surface area (Å²) < 4.78 is 0. The monoisotopic (exact) mass is 130 g/mol. The fraction of sp³-hybridized carbons (Fsp3) is 0. The van der Waals surface area contributed by atoms with Crippen LogP contribution in [0.15, 0.2) is 30.7 Å². The van der Waals surface area contributed by atoms with Gasteiger partial charge in [0.15, 0.2) is 6.20 Å². The molecule has 0 fully saturated rings. The van der Waals surface area contributed by atoms with E-state index in [-0.39, 0.29) is 0 Å². The van der Waals surface area contributed by atoms with Crippen molar-refractivity contribution in [2.45, 2.75) is 0 Å². The normalized spacial score (nSPS) is 9.50. The van der Waals surface area contributed by atoms with Gasteiger partial charge in [-0.05, 0) is 11.6 Å². The van der Waals surface area contributed by atoms with Gasteiger partial charge in [-0.3, -0.25) is 4.98 Å². The molecule has 0 radical (unpaired) electrons. The number of aromatic nitrogens is 1. The Balaban J connectivity index is 2.79. The van der Waals surface area contributed by atoms with E-state index in [0.717, 1.165) is 5.56 Å². The zero-order chi connectivity index (χ0) is 7.23. The smallest absolute Gasteiger partial charge is 0.154 e. The van der Waals surface area contributed by atoms with Crippen LogP contribution in [-0.4, -0.2) is 4.98 Å².